The molecule has 0 nitrogen and oxygen atoms in total. The van der Waals surface area contributed by atoms with Crippen LogP contribution in [0.1, 0.15) is 48.9 Å². The van der Waals surface area contributed by atoms with E-state index in [0.29, 0.717) is 0 Å². The van der Waals surface area contributed by atoms with E-state index in [1.807, 2.05) is 0 Å². The second-order valence-corrected chi connectivity index (χ2v) is 8.70. The highest BCUT2D eigenvalue weighted by molar-refractivity contribution is 5.64. The van der Waals surface area contributed by atoms with Gasteiger partial charge in [-0.1, -0.05) is 130 Å². The first kappa shape index (κ1) is 19.2. The molecule has 0 fully saturated rings. The van der Waals surface area contributed by atoms with Crippen molar-refractivity contribution >= 4 is 0 Å². The molecule has 4 aromatic rings. The molecule has 0 heteroatoms. The fourth-order valence-corrected chi connectivity index (χ4v) is 3.90. The monoisotopic (exact) mass is 376 g/mol. The zero-order valence-electron chi connectivity index (χ0n) is 17.5. The first-order chi connectivity index (χ1) is 14.0. The summed E-state index contributed by atoms with van der Waals surface area (Å²) in [6, 6.07) is 39.6. The normalized spacial score (nSPS) is 12.5. The first-order valence-corrected chi connectivity index (χ1v) is 10.3. The van der Waals surface area contributed by atoms with Crippen LogP contribution < -0.4 is 0 Å². The third-order valence-corrected chi connectivity index (χ3v) is 5.59. The molecule has 0 aliphatic carbocycles. The summed E-state index contributed by atoms with van der Waals surface area (Å²) in [5.41, 5.74) is 8.01. The van der Waals surface area contributed by atoms with Gasteiger partial charge in [-0.2, -0.15) is 0 Å². The smallest absolute Gasteiger partial charge is 0.0339 e. The van der Waals surface area contributed by atoms with Crippen LogP contribution in [0.25, 0.3) is 11.1 Å². The fourth-order valence-electron chi connectivity index (χ4n) is 3.90. The van der Waals surface area contributed by atoms with Crippen molar-refractivity contribution in [3.8, 4) is 11.1 Å². The van der Waals surface area contributed by atoms with E-state index >= 15 is 0 Å². The molecule has 4 aromatic carbocycles. The van der Waals surface area contributed by atoms with Gasteiger partial charge in [-0.15, -0.1) is 0 Å². The Morgan fingerprint density at radius 3 is 1.38 bits per heavy atom. The molecular formula is C29H28. The van der Waals surface area contributed by atoms with Crippen LogP contribution >= 0.6 is 0 Å². The van der Waals surface area contributed by atoms with E-state index < -0.39 is 0 Å². The molecule has 4 rings (SSSR count). The lowest BCUT2D eigenvalue weighted by Gasteiger charge is -2.22. The quantitative estimate of drug-likeness (QED) is 0.318. The van der Waals surface area contributed by atoms with Crippen molar-refractivity contribution < 1.29 is 0 Å². The van der Waals surface area contributed by atoms with Gasteiger partial charge in [0.25, 0.3) is 0 Å². The molecule has 0 heterocycles. The zero-order chi connectivity index (χ0) is 20.3. The highest BCUT2D eigenvalue weighted by atomic mass is 14.2. The second-order valence-electron chi connectivity index (χ2n) is 8.70. The largest absolute Gasteiger partial charge is 0.0622 e. The van der Waals surface area contributed by atoms with Gasteiger partial charge in [-0.3, -0.25) is 0 Å². The minimum Gasteiger partial charge on any atom is -0.0622 e. The lowest BCUT2D eigenvalue weighted by molar-refractivity contribution is 0.590. The average molecular weight is 377 g/mol. The third-order valence-electron chi connectivity index (χ3n) is 5.59. The predicted molar refractivity (Wildman–Crippen MR) is 124 cm³/mol. The molecule has 0 saturated carbocycles. The van der Waals surface area contributed by atoms with Gasteiger partial charge in [0.15, 0.2) is 0 Å². The molecule has 0 aliphatic rings. The van der Waals surface area contributed by atoms with E-state index in [0.717, 1.165) is 0 Å². The Labute approximate surface area is 174 Å². The summed E-state index contributed by atoms with van der Waals surface area (Å²) in [6.45, 7) is 6.79. The van der Waals surface area contributed by atoms with Gasteiger partial charge in [-0.05, 0) is 38.8 Å². The SMILES string of the molecule is CC(C)(C)c1ccc(C(c2ccccc2)c2ccc(-c3ccccc3)cc2)cc1. The molecule has 0 spiro atoms. The average Bonchev–Trinajstić information content (AvgIpc) is 2.76. The van der Waals surface area contributed by atoms with Crippen LogP contribution in [0, 0.1) is 0 Å². The van der Waals surface area contributed by atoms with E-state index in [1.165, 1.54) is 33.4 Å². The molecule has 0 radical (unpaired) electrons. The van der Waals surface area contributed by atoms with Crippen LogP contribution in [-0.2, 0) is 5.41 Å². The molecule has 0 N–H and O–H groups in total. The molecule has 1 unspecified atom stereocenters. The molecule has 29 heavy (non-hydrogen) atoms. The van der Waals surface area contributed by atoms with Gasteiger partial charge in [0.1, 0.15) is 0 Å². The van der Waals surface area contributed by atoms with Gasteiger partial charge >= 0.3 is 0 Å². The lowest BCUT2D eigenvalue weighted by atomic mass is 9.82. The first-order valence-electron chi connectivity index (χ1n) is 10.3. The third kappa shape index (κ3) is 4.32. The molecule has 144 valence electrons. The Morgan fingerprint density at radius 1 is 0.448 bits per heavy atom. The van der Waals surface area contributed by atoms with E-state index in [4.69, 9.17) is 0 Å². The minimum absolute atomic E-state index is 0.165. The number of hydrogen-bond donors (Lipinski definition) is 0. The molecule has 0 aromatic heterocycles. The second kappa shape index (κ2) is 8.09. The summed E-state index contributed by atoms with van der Waals surface area (Å²) in [5, 5.41) is 0. The molecule has 1 atom stereocenters. The van der Waals surface area contributed by atoms with Gasteiger partial charge in [0, 0.05) is 5.92 Å². The molecule has 0 bridgehead atoms. The maximum Gasteiger partial charge on any atom is 0.0339 e. The summed E-state index contributed by atoms with van der Waals surface area (Å²) in [7, 11) is 0. The minimum atomic E-state index is 0.165. The van der Waals surface area contributed by atoms with Gasteiger partial charge in [0.05, 0.1) is 0 Å². The highest BCUT2D eigenvalue weighted by Gasteiger charge is 2.19. The molecule has 0 amide bonds. The van der Waals surface area contributed by atoms with Crippen LogP contribution in [-0.4, -0.2) is 0 Å². The van der Waals surface area contributed by atoms with E-state index in [-0.39, 0.29) is 11.3 Å². The number of rotatable bonds is 4. The van der Waals surface area contributed by atoms with Crippen molar-refractivity contribution in [2.24, 2.45) is 0 Å². The molecule has 0 saturated heterocycles. The Kier molecular flexibility index (Phi) is 5.36. The van der Waals surface area contributed by atoms with Crippen molar-refractivity contribution in [2.75, 3.05) is 0 Å². The highest BCUT2D eigenvalue weighted by Crippen LogP contribution is 2.34. The van der Waals surface area contributed by atoms with Crippen molar-refractivity contribution in [1.29, 1.82) is 0 Å². The van der Waals surface area contributed by atoms with E-state index in [9.17, 15) is 0 Å². The lowest BCUT2D eigenvalue weighted by Crippen LogP contribution is -2.11. The summed E-state index contributed by atoms with van der Waals surface area (Å²) in [6.07, 6.45) is 0. The van der Waals surface area contributed by atoms with Crippen molar-refractivity contribution in [3.05, 3.63) is 131 Å². The van der Waals surface area contributed by atoms with Crippen LogP contribution in [0.5, 0.6) is 0 Å². The summed E-state index contributed by atoms with van der Waals surface area (Å²) >= 11 is 0. The summed E-state index contributed by atoms with van der Waals surface area (Å²) in [5.74, 6) is 0.232. The van der Waals surface area contributed by atoms with Gasteiger partial charge in [0.2, 0.25) is 0 Å². The number of hydrogen-bond acceptors (Lipinski definition) is 0. The van der Waals surface area contributed by atoms with E-state index in [1.54, 1.807) is 0 Å². The maximum atomic E-state index is 2.29. The summed E-state index contributed by atoms with van der Waals surface area (Å²) < 4.78 is 0. The predicted octanol–water partition coefficient (Wildman–Crippen LogP) is 7.83. The summed E-state index contributed by atoms with van der Waals surface area (Å²) in [4.78, 5) is 0. The topological polar surface area (TPSA) is 0 Å². The van der Waals surface area contributed by atoms with Crippen LogP contribution in [0.4, 0.5) is 0 Å². The standard InChI is InChI=1S/C29H28/c1-29(2,3)27-20-18-26(19-21-27)28(24-12-8-5-9-13-24)25-16-14-23(15-17-25)22-10-6-4-7-11-22/h4-21,28H,1-3H3. The van der Waals surface area contributed by atoms with Crippen molar-refractivity contribution in [2.45, 2.75) is 32.1 Å². The van der Waals surface area contributed by atoms with Crippen molar-refractivity contribution in [1.82, 2.24) is 0 Å². The Bertz CT molecular complexity index is 1040. The van der Waals surface area contributed by atoms with Crippen molar-refractivity contribution in [3.63, 3.8) is 0 Å². The number of benzene rings is 4. The molecule has 0 aliphatic heterocycles. The van der Waals surface area contributed by atoms with Crippen LogP contribution in [0.2, 0.25) is 0 Å². The van der Waals surface area contributed by atoms with Crippen LogP contribution in [0.15, 0.2) is 109 Å². The fraction of sp³-hybridized carbons (Fsp3) is 0.172. The molecular weight excluding hydrogens is 348 g/mol. The Morgan fingerprint density at radius 2 is 0.862 bits per heavy atom. The van der Waals surface area contributed by atoms with Crippen LogP contribution in [0.3, 0.4) is 0 Å². The van der Waals surface area contributed by atoms with E-state index in [2.05, 4.69) is 130 Å². The zero-order valence-corrected chi connectivity index (χ0v) is 17.5. The van der Waals surface area contributed by atoms with Gasteiger partial charge < -0.3 is 0 Å². The Hall–Kier alpha value is -3.12. The Balaban J connectivity index is 1.74. The van der Waals surface area contributed by atoms with Gasteiger partial charge in [-0.25, -0.2) is 0 Å². The maximum absolute atomic E-state index is 2.29.